The summed E-state index contributed by atoms with van der Waals surface area (Å²) in [5.41, 5.74) is 0.892. The van der Waals surface area contributed by atoms with E-state index in [1.54, 1.807) is 42.5 Å². The molecule has 1 amide bonds. The first-order chi connectivity index (χ1) is 12.0. The van der Waals surface area contributed by atoms with Crippen LogP contribution in [0, 0.1) is 0 Å². The van der Waals surface area contributed by atoms with Crippen LogP contribution in [0.1, 0.15) is 23.7 Å². The van der Waals surface area contributed by atoms with Crippen molar-refractivity contribution in [2.24, 2.45) is 0 Å². The number of hydrogen-bond acceptors (Lipinski definition) is 4. The zero-order chi connectivity index (χ0) is 18.1. The number of hydrogen-bond donors (Lipinski definition) is 3. The van der Waals surface area contributed by atoms with Crippen molar-refractivity contribution in [1.82, 2.24) is 10.6 Å². The monoisotopic (exact) mass is 361 g/mol. The molecule has 0 radical (unpaired) electrons. The van der Waals surface area contributed by atoms with Crippen LogP contribution in [0.4, 0.5) is 5.69 Å². The molecule has 0 aromatic heterocycles. The van der Waals surface area contributed by atoms with E-state index in [2.05, 4.69) is 22.3 Å². The SMILES string of the molecule is CCCNCCNC(=O)c1ccc(NS(=O)(=O)c2ccccc2)cc1. The van der Waals surface area contributed by atoms with E-state index in [-0.39, 0.29) is 10.8 Å². The van der Waals surface area contributed by atoms with Crippen molar-refractivity contribution < 1.29 is 13.2 Å². The van der Waals surface area contributed by atoms with Crippen molar-refractivity contribution in [1.29, 1.82) is 0 Å². The molecule has 2 aromatic carbocycles. The Labute approximate surface area is 148 Å². The van der Waals surface area contributed by atoms with Gasteiger partial charge in [0.15, 0.2) is 0 Å². The predicted octanol–water partition coefficient (Wildman–Crippen LogP) is 2.22. The van der Waals surface area contributed by atoms with Gasteiger partial charge in [-0.25, -0.2) is 8.42 Å². The quantitative estimate of drug-likeness (QED) is 0.598. The third-order valence-electron chi connectivity index (χ3n) is 3.47. The van der Waals surface area contributed by atoms with Crippen LogP contribution in [0.5, 0.6) is 0 Å². The molecule has 25 heavy (non-hydrogen) atoms. The van der Waals surface area contributed by atoms with Crippen molar-refractivity contribution in [3.05, 3.63) is 60.2 Å². The molecule has 0 fully saturated rings. The predicted molar refractivity (Wildman–Crippen MR) is 99.2 cm³/mol. The van der Waals surface area contributed by atoms with E-state index in [0.717, 1.165) is 13.0 Å². The molecular formula is C18H23N3O3S. The Hall–Kier alpha value is -2.38. The van der Waals surface area contributed by atoms with Crippen LogP contribution in [0.15, 0.2) is 59.5 Å². The molecule has 134 valence electrons. The van der Waals surface area contributed by atoms with Crippen LogP contribution in [-0.4, -0.2) is 34.0 Å². The average Bonchev–Trinajstić information content (AvgIpc) is 2.62. The molecule has 0 saturated carbocycles. The highest BCUT2D eigenvalue weighted by atomic mass is 32.2. The van der Waals surface area contributed by atoms with Crippen LogP contribution in [0.25, 0.3) is 0 Å². The smallest absolute Gasteiger partial charge is 0.261 e. The fourth-order valence-electron chi connectivity index (χ4n) is 2.17. The van der Waals surface area contributed by atoms with E-state index in [0.29, 0.717) is 24.3 Å². The van der Waals surface area contributed by atoms with E-state index in [1.807, 2.05) is 0 Å². The first-order valence-corrected chi connectivity index (χ1v) is 9.68. The fraction of sp³-hybridized carbons (Fsp3) is 0.278. The summed E-state index contributed by atoms with van der Waals surface area (Å²) >= 11 is 0. The van der Waals surface area contributed by atoms with Crippen LogP contribution in [-0.2, 0) is 10.0 Å². The molecule has 0 unspecified atom stereocenters. The number of amides is 1. The van der Waals surface area contributed by atoms with E-state index in [9.17, 15) is 13.2 Å². The second-order valence-electron chi connectivity index (χ2n) is 5.50. The Morgan fingerprint density at radius 2 is 1.60 bits per heavy atom. The molecule has 7 heteroatoms. The molecule has 0 aliphatic heterocycles. The standard InChI is InChI=1S/C18H23N3O3S/c1-2-12-19-13-14-20-18(22)15-8-10-16(11-9-15)21-25(23,24)17-6-4-3-5-7-17/h3-11,19,21H,2,12-14H2,1H3,(H,20,22). The van der Waals surface area contributed by atoms with Gasteiger partial charge in [-0.2, -0.15) is 0 Å². The van der Waals surface area contributed by atoms with Crippen LogP contribution in [0.3, 0.4) is 0 Å². The summed E-state index contributed by atoms with van der Waals surface area (Å²) in [4.78, 5) is 12.2. The normalized spacial score (nSPS) is 11.1. The molecule has 3 N–H and O–H groups in total. The van der Waals surface area contributed by atoms with Crippen LogP contribution >= 0.6 is 0 Å². The Morgan fingerprint density at radius 1 is 0.920 bits per heavy atom. The maximum atomic E-state index is 12.3. The number of benzene rings is 2. The lowest BCUT2D eigenvalue weighted by Crippen LogP contribution is -2.32. The Balaban J connectivity index is 1.92. The van der Waals surface area contributed by atoms with Gasteiger partial charge in [0.1, 0.15) is 0 Å². The first kappa shape index (κ1) is 19.0. The number of sulfonamides is 1. The molecule has 0 aliphatic carbocycles. The third-order valence-corrected chi connectivity index (χ3v) is 4.86. The highest BCUT2D eigenvalue weighted by Crippen LogP contribution is 2.16. The number of carbonyl (C=O) groups excluding carboxylic acids is 1. The number of nitrogens with one attached hydrogen (secondary N) is 3. The van der Waals surface area contributed by atoms with E-state index in [4.69, 9.17) is 0 Å². The number of carbonyl (C=O) groups is 1. The average molecular weight is 361 g/mol. The highest BCUT2D eigenvalue weighted by molar-refractivity contribution is 7.92. The van der Waals surface area contributed by atoms with Gasteiger partial charge in [0.25, 0.3) is 15.9 Å². The molecule has 0 spiro atoms. The lowest BCUT2D eigenvalue weighted by atomic mass is 10.2. The third kappa shape index (κ3) is 5.88. The minimum absolute atomic E-state index is 0.184. The maximum Gasteiger partial charge on any atom is 0.261 e. The Kier molecular flexibility index (Phi) is 6.97. The van der Waals surface area contributed by atoms with Crippen molar-refractivity contribution in [3.63, 3.8) is 0 Å². The topological polar surface area (TPSA) is 87.3 Å². The van der Waals surface area contributed by atoms with Gasteiger partial charge in [0.05, 0.1) is 4.90 Å². The summed E-state index contributed by atoms with van der Waals surface area (Å²) in [7, 11) is -3.63. The molecule has 0 aliphatic rings. The molecule has 2 aromatic rings. The van der Waals surface area contributed by atoms with Gasteiger partial charge >= 0.3 is 0 Å². The molecule has 0 bridgehead atoms. The van der Waals surface area contributed by atoms with Crippen LogP contribution < -0.4 is 15.4 Å². The lowest BCUT2D eigenvalue weighted by molar-refractivity contribution is 0.0954. The van der Waals surface area contributed by atoms with Crippen LogP contribution in [0.2, 0.25) is 0 Å². The van der Waals surface area contributed by atoms with E-state index < -0.39 is 10.0 Å². The van der Waals surface area contributed by atoms with Crippen molar-refractivity contribution >= 4 is 21.6 Å². The molecule has 2 rings (SSSR count). The Bertz CT molecular complexity index is 775. The zero-order valence-corrected chi connectivity index (χ0v) is 15.0. The minimum Gasteiger partial charge on any atom is -0.351 e. The first-order valence-electron chi connectivity index (χ1n) is 8.20. The fourth-order valence-corrected chi connectivity index (χ4v) is 3.25. The highest BCUT2D eigenvalue weighted by Gasteiger charge is 2.13. The van der Waals surface area contributed by atoms with Crippen molar-refractivity contribution in [2.45, 2.75) is 18.2 Å². The van der Waals surface area contributed by atoms with E-state index in [1.165, 1.54) is 12.1 Å². The number of anilines is 1. The second-order valence-corrected chi connectivity index (χ2v) is 7.18. The van der Waals surface area contributed by atoms with E-state index >= 15 is 0 Å². The second kappa shape index (κ2) is 9.19. The van der Waals surface area contributed by atoms with Gasteiger partial charge in [-0.15, -0.1) is 0 Å². The maximum absolute atomic E-state index is 12.3. The van der Waals surface area contributed by atoms with Gasteiger partial charge in [-0.3, -0.25) is 9.52 Å². The van der Waals surface area contributed by atoms with Gasteiger partial charge < -0.3 is 10.6 Å². The lowest BCUT2D eigenvalue weighted by Gasteiger charge is -2.09. The molecule has 0 saturated heterocycles. The van der Waals surface area contributed by atoms with Gasteiger partial charge in [0.2, 0.25) is 0 Å². The molecule has 0 heterocycles. The van der Waals surface area contributed by atoms with Gasteiger partial charge in [-0.05, 0) is 49.4 Å². The summed E-state index contributed by atoms with van der Waals surface area (Å²) < 4.78 is 27.0. The van der Waals surface area contributed by atoms with Crippen molar-refractivity contribution in [3.8, 4) is 0 Å². The summed E-state index contributed by atoms with van der Waals surface area (Å²) in [5.74, 6) is -0.184. The summed E-state index contributed by atoms with van der Waals surface area (Å²) in [6, 6.07) is 14.5. The van der Waals surface area contributed by atoms with Crippen molar-refractivity contribution in [2.75, 3.05) is 24.4 Å². The molecular weight excluding hydrogens is 338 g/mol. The van der Waals surface area contributed by atoms with Gasteiger partial charge in [0, 0.05) is 24.3 Å². The molecule has 0 atom stereocenters. The van der Waals surface area contributed by atoms with Gasteiger partial charge in [-0.1, -0.05) is 25.1 Å². The Morgan fingerprint density at radius 3 is 2.24 bits per heavy atom. The minimum atomic E-state index is -3.63. The largest absolute Gasteiger partial charge is 0.351 e. The number of rotatable bonds is 9. The summed E-state index contributed by atoms with van der Waals surface area (Å²) in [6.07, 6.45) is 1.05. The summed E-state index contributed by atoms with van der Waals surface area (Å²) in [5, 5.41) is 6.01. The molecule has 6 nitrogen and oxygen atoms in total. The zero-order valence-electron chi connectivity index (χ0n) is 14.2. The summed E-state index contributed by atoms with van der Waals surface area (Å²) in [6.45, 7) is 4.26.